The Kier molecular flexibility index (Phi) is 5.78. The molecule has 128 valence electrons. The third-order valence-electron chi connectivity index (χ3n) is 3.73. The van der Waals surface area contributed by atoms with Crippen molar-refractivity contribution in [2.75, 3.05) is 50.3 Å². The Morgan fingerprint density at radius 1 is 1.17 bits per heavy atom. The van der Waals surface area contributed by atoms with Crippen LogP contribution in [-0.4, -0.2) is 70.2 Å². The molecule has 1 amide bonds. The molecule has 1 fully saturated rings. The Labute approximate surface area is 146 Å². The molecule has 2 rings (SSSR count). The predicted molar refractivity (Wildman–Crippen MR) is 92.7 cm³/mol. The SMILES string of the molecule is CN1CCN(C(=O)CN(c2ccc(Cl)c(Cl)c2)S(C)(=O)=O)CC1. The summed E-state index contributed by atoms with van der Waals surface area (Å²) in [6, 6.07) is 4.49. The third-order valence-corrected chi connectivity index (χ3v) is 5.61. The highest BCUT2D eigenvalue weighted by Gasteiger charge is 2.26. The number of amides is 1. The highest BCUT2D eigenvalue weighted by molar-refractivity contribution is 7.92. The van der Waals surface area contributed by atoms with Crippen LogP contribution in [0.5, 0.6) is 0 Å². The van der Waals surface area contributed by atoms with E-state index in [0.29, 0.717) is 23.8 Å². The second kappa shape index (κ2) is 7.25. The molecule has 1 heterocycles. The van der Waals surface area contributed by atoms with Crippen LogP contribution in [-0.2, 0) is 14.8 Å². The molecule has 0 atom stereocenters. The van der Waals surface area contributed by atoms with Crippen molar-refractivity contribution in [3.8, 4) is 0 Å². The summed E-state index contributed by atoms with van der Waals surface area (Å²) >= 11 is 11.8. The van der Waals surface area contributed by atoms with E-state index in [2.05, 4.69) is 4.90 Å². The van der Waals surface area contributed by atoms with Gasteiger partial charge in [-0.05, 0) is 25.2 Å². The van der Waals surface area contributed by atoms with E-state index in [1.54, 1.807) is 4.90 Å². The normalized spacial score (nSPS) is 16.4. The maximum atomic E-state index is 12.4. The van der Waals surface area contributed by atoms with Crippen LogP contribution in [0.15, 0.2) is 18.2 Å². The van der Waals surface area contributed by atoms with Crippen LogP contribution in [0.3, 0.4) is 0 Å². The van der Waals surface area contributed by atoms with Crippen LogP contribution in [0.1, 0.15) is 0 Å². The molecule has 0 saturated carbocycles. The van der Waals surface area contributed by atoms with Gasteiger partial charge in [0.1, 0.15) is 6.54 Å². The summed E-state index contributed by atoms with van der Waals surface area (Å²) < 4.78 is 25.2. The van der Waals surface area contributed by atoms with E-state index in [0.717, 1.165) is 23.7 Å². The molecule has 0 N–H and O–H groups in total. The zero-order valence-electron chi connectivity index (χ0n) is 13.0. The topological polar surface area (TPSA) is 60.9 Å². The first kappa shape index (κ1) is 18.3. The minimum Gasteiger partial charge on any atom is -0.339 e. The number of carbonyl (C=O) groups excluding carboxylic acids is 1. The number of hydrogen-bond donors (Lipinski definition) is 0. The molecule has 23 heavy (non-hydrogen) atoms. The number of piperazine rings is 1. The average molecular weight is 380 g/mol. The first-order chi connectivity index (χ1) is 10.7. The van der Waals surface area contributed by atoms with Crippen molar-refractivity contribution in [3.63, 3.8) is 0 Å². The number of hydrogen-bond acceptors (Lipinski definition) is 4. The lowest BCUT2D eigenvalue weighted by Gasteiger charge is -2.34. The molecule has 1 saturated heterocycles. The Morgan fingerprint density at radius 3 is 2.30 bits per heavy atom. The first-order valence-electron chi connectivity index (χ1n) is 7.07. The predicted octanol–water partition coefficient (Wildman–Crippen LogP) is 1.53. The molecule has 0 aromatic heterocycles. The van der Waals surface area contributed by atoms with Gasteiger partial charge in [-0.25, -0.2) is 8.42 Å². The van der Waals surface area contributed by atoms with Gasteiger partial charge in [-0.3, -0.25) is 9.10 Å². The maximum absolute atomic E-state index is 12.4. The van der Waals surface area contributed by atoms with Crippen LogP contribution < -0.4 is 4.31 Å². The number of halogens is 2. The third kappa shape index (κ3) is 4.73. The van der Waals surface area contributed by atoms with Gasteiger partial charge < -0.3 is 9.80 Å². The fraction of sp³-hybridized carbons (Fsp3) is 0.500. The largest absolute Gasteiger partial charge is 0.339 e. The van der Waals surface area contributed by atoms with Gasteiger partial charge in [0, 0.05) is 26.2 Å². The number of nitrogens with zero attached hydrogens (tertiary/aromatic N) is 3. The zero-order valence-corrected chi connectivity index (χ0v) is 15.3. The molecule has 0 spiro atoms. The highest BCUT2D eigenvalue weighted by atomic mass is 35.5. The molecule has 1 aliphatic heterocycles. The molecular weight excluding hydrogens is 361 g/mol. The monoisotopic (exact) mass is 379 g/mol. The van der Waals surface area contributed by atoms with Crippen LogP contribution in [0, 0.1) is 0 Å². The Bertz CT molecular complexity index is 689. The molecule has 0 bridgehead atoms. The van der Waals surface area contributed by atoms with Crippen molar-refractivity contribution in [2.45, 2.75) is 0 Å². The van der Waals surface area contributed by atoms with Gasteiger partial charge >= 0.3 is 0 Å². The molecule has 1 aromatic rings. The van der Waals surface area contributed by atoms with Crippen LogP contribution in [0.2, 0.25) is 10.0 Å². The summed E-state index contributed by atoms with van der Waals surface area (Å²) in [4.78, 5) is 16.2. The smallest absolute Gasteiger partial charge is 0.243 e. The van der Waals surface area contributed by atoms with Crippen LogP contribution in [0.25, 0.3) is 0 Å². The van der Waals surface area contributed by atoms with E-state index in [-0.39, 0.29) is 17.5 Å². The molecule has 0 unspecified atom stereocenters. The summed E-state index contributed by atoms with van der Waals surface area (Å²) in [5.41, 5.74) is 0.323. The number of sulfonamides is 1. The summed E-state index contributed by atoms with van der Waals surface area (Å²) in [6.45, 7) is 2.48. The van der Waals surface area contributed by atoms with Gasteiger partial charge in [-0.1, -0.05) is 23.2 Å². The fourth-order valence-corrected chi connectivity index (χ4v) is 3.45. The van der Waals surface area contributed by atoms with Crippen molar-refractivity contribution in [3.05, 3.63) is 28.2 Å². The van der Waals surface area contributed by atoms with Crippen molar-refractivity contribution < 1.29 is 13.2 Å². The van der Waals surface area contributed by atoms with Crippen molar-refractivity contribution in [1.29, 1.82) is 0 Å². The fourth-order valence-electron chi connectivity index (χ4n) is 2.32. The Balaban J connectivity index is 2.19. The molecule has 1 aliphatic rings. The number of carbonyl (C=O) groups is 1. The Morgan fingerprint density at radius 2 is 1.78 bits per heavy atom. The van der Waals surface area contributed by atoms with E-state index < -0.39 is 10.0 Å². The first-order valence-corrected chi connectivity index (χ1v) is 9.68. The van der Waals surface area contributed by atoms with E-state index in [1.807, 2.05) is 7.05 Å². The summed E-state index contributed by atoms with van der Waals surface area (Å²) in [6.07, 6.45) is 1.06. The molecule has 6 nitrogen and oxygen atoms in total. The zero-order chi connectivity index (χ0) is 17.2. The van der Waals surface area contributed by atoms with Gasteiger partial charge in [0.05, 0.1) is 22.0 Å². The van der Waals surface area contributed by atoms with Gasteiger partial charge in [0.25, 0.3) is 0 Å². The van der Waals surface area contributed by atoms with E-state index in [1.165, 1.54) is 18.2 Å². The summed E-state index contributed by atoms with van der Waals surface area (Å²) in [5.74, 6) is -0.227. The van der Waals surface area contributed by atoms with Crippen LogP contribution >= 0.6 is 23.2 Å². The number of benzene rings is 1. The molecule has 9 heteroatoms. The summed E-state index contributed by atoms with van der Waals surface area (Å²) in [5, 5.41) is 0.569. The van der Waals surface area contributed by atoms with E-state index in [9.17, 15) is 13.2 Å². The van der Waals surface area contributed by atoms with Gasteiger partial charge in [0.15, 0.2) is 0 Å². The summed E-state index contributed by atoms with van der Waals surface area (Å²) in [7, 11) is -1.63. The molecular formula is C14H19Cl2N3O3S. The van der Waals surface area contributed by atoms with Gasteiger partial charge in [-0.15, -0.1) is 0 Å². The lowest BCUT2D eigenvalue weighted by Crippen LogP contribution is -2.50. The minimum absolute atomic E-state index is 0.227. The van der Waals surface area contributed by atoms with Crippen molar-refractivity contribution >= 4 is 44.8 Å². The Hall–Kier alpha value is -1.02. The molecule has 1 aromatic carbocycles. The molecule has 0 radical (unpaired) electrons. The second-order valence-electron chi connectivity index (χ2n) is 5.55. The lowest BCUT2D eigenvalue weighted by atomic mass is 10.3. The van der Waals surface area contributed by atoms with E-state index in [4.69, 9.17) is 23.2 Å². The lowest BCUT2D eigenvalue weighted by molar-refractivity contribution is -0.131. The van der Waals surface area contributed by atoms with Crippen LogP contribution in [0.4, 0.5) is 5.69 Å². The molecule has 0 aliphatic carbocycles. The maximum Gasteiger partial charge on any atom is 0.243 e. The average Bonchev–Trinajstić information content (AvgIpc) is 2.47. The van der Waals surface area contributed by atoms with Gasteiger partial charge in [0.2, 0.25) is 15.9 Å². The standard InChI is InChI=1S/C14H19Cl2N3O3S/c1-17-5-7-18(8-6-17)14(20)10-19(23(2,21)22)11-3-4-12(15)13(16)9-11/h3-4,9H,5-8,10H2,1-2H3. The van der Waals surface area contributed by atoms with E-state index >= 15 is 0 Å². The number of rotatable bonds is 4. The van der Waals surface area contributed by atoms with Crippen molar-refractivity contribution in [2.24, 2.45) is 0 Å². The number of anilines is 1. The minimum atomic E-state index is -3.62. The second-order valence-corrected chi connectivity index (χ2v) is 8.27. The van der Waals surface area contributed by atoms with Crippen molar-refractivity contribution in [1.82, 2.24) is 9.80 Å². The quantitative estimate of drug-likeness (QED) is 0.795. The highest BCUT2D eigenvalue weighted by Crippen LogP contribution is 2.28. The van der Waals surface area contributed by atoms with Gasteiger partial charge in [-0.2, -0.15) is 0 Å². The number of likely N-dealkylation sites (N-methyl/N-ethyl adjacent to an activating group) is 1.